The Labute approximate surface area is 200 Å². The summed E-state index contributed by atoms with van der Waals surface area (Å²) in [4.78, 5) is 39.1. The molecule has 1 fully saturated rings. The third kappa shape index (κ3) is 4.79. The minimum Gasteiger partial charge on any atom is -0.481 e. The minimum atomic E-state index is -0.929. The van der Waals surface area contributed by atoms with Crippen molar-refractivity contribution in [2.24, 2.45) is 5.41 Å². The molecule has 0 aromatic heterocycles. The van der Waals surface area contributed by atoms with Gasteiger partial charge in [0.25, 0.3) is 0 Å². The zero-order valence-corrected chi connectivity index (χ0v) is 19.9. The van der Waals surface area contributed by atoms with Gasteiger partial charge in [0, 0.05) is 18.5 Å². The molecule has 2 aliphatic rings. The van der Waals surface area contributed by atoms with E-state index in [0.29, 0.717) is 13.0 Å². The molecule has 1 aliphatic carbocycles. The number of likely N-dealkylation sites (tertiary alicyclic amines) is 1. The molecule has 2 aromatic rings. The molecule has 0 bridgehead atoms. The van der Waals surface area contributed by atoms with Gasteiger partial charge in [-0.15, -0.1) is 0 Å². The number of carbonyl (C=O) groups excluding carboxylic acids is 2. The van der Waals surface area contributed by atoms with Gasteiger partial charge in [-0.2, -0.15) is 0 Å². The number of aliphatic carboxylic acids is 1. The molecule has 0 saturated carbocycles. The van der Waals surface area contributed by atoms with Crippen molar-refractivity contribution in [1.29, 1.82) is 0 Å². The van der Waals surface area contributed by atoms with E-state index in [9.17, 15) is 19.5 Å². The monoisotopic (exact) mass is 464 g/mol. The van der Waals surface area contributed by atoms with Gasteiger partial charge < -0.3 is 20.1 Å². The van der Waals surface area contributed by atoms with Gasteiger partial charge in [0.15, 0.2) is 0 Å². The first-order valence-electron chi connectivity index (χ1n) is 11.8. The maximum Gasteiger partial charge on any atom is 0.407 e. The van der Waals surface area contributed by atoms with Crippen molar-refractivity contribution in [2.45, 2.75) is 58.0 Å². The van der Waals surface area contributed by atoms with Gasteiger partial charge >= 0.3 is 12.1 Å². The summed E-state index contributed by atoms with van der Waals surface area (Å²) in [5.41, 5.74) is 3.96. The van der Waals surface area contributed by atoms with Crippen LogP contribution in [0.3, 0.4) is 0 Å². The normalized spacial score (nSPS) is 18.2. The second-order valence-electron chi connectivity index (χ2n) is 10.2. The summed E-state index contributed by atoms with van der Waals surface area (Å²) < 4.78 is 5.65. The van der Waals surface area contributed by atoms with Gasteiger partial charge in [-0.25, -0.2) is 4.79 Å². The Bertz CT molecular complexity index is 1040. The second kappa shape index (κ2) is 9.49. The zero-order valence-electron chi connectivity index (χ0n) is 19.9. The van der Waals surface area contributed by atoms with Gasteiger partial charge in [0.2, 0.25) is 5.91 Å². The lowest BCUT2D eigenvalue weighted by atomic mass is 9.85. The highest BCUT2D eigenvalue weighted by atomic mass is 16.5. The highest BCUT2D eigenvalue weighted by Crippen LogP contribution is 2.44. The van der Waals surface area contributed by atoms with Crippen LogP contribution >= 0.6 is 0 Å². The highest BCUT2D eigenvalue weighted by molar-refractivity contribution is 5.87. The van der Waals surface area contributed by atoms with Crippen LogP contribution in [0.25, 0.3) is 11.1 Å². The Balaban J connectivity index is 1.45. The van der Waals surface area contributed by atoms with Crippen molar-refractivity contribution in [3.63, 3.8) is 0 Å². The molecule has 2 N–H and O–H groups in total. The predicted molar refractivity (Wildman–Crippen MR) is 128 cm³/mol. The fraction of sp³-hybridized carbons (Fsp3) is 0.444. The molecular weight excluding hydrogens is 432 g/mol. The molecule has 2 atom stereocenters. The molecule has 1 aliphatic heterocycles. The molecule has 180 valence electrons. The number of ether oxygens (including phenoxy) is 1. The Morgan fingerprint density at radius 2 is 1.65 bits per heavy atom. The first kappa shape index (κ1) is 23.8. The number of alkyl carbamates (subject to hydrolysis) is 1. The number of carboxylic acids is 1. The Morgan fingerprint density at radius 1 is 1.06 bits per heavy atom. The molecule has 0 unspecified atom stereocenters. The number of carboxylic acid groups (broad SMARTS) is 1. The number of hydrogen-bond acceptors (Lipinski definition) is 4. The van der Waals surface area contributed by atoms with Crippen molar-refractivity contribution in [1.82, 2.24) is 10.2 Å². The molecule has 7 heteroatoms. The van der Waals surface area contributed by atoms with Crippen LogP contribution in [0.15, 0.2) is 48.5 Å². The SMILES string of the molecule is CC(C)(C)[C@@H](NC(=O)OCC1c2ccccc2-c2ccccc21)C(=O)N1CCC[C@@H]1CC(=O)O. The number of benzene rings is 2. The summed E-state index contributed by atoms with van der Waals surface area (Å²) in [6, 6.07) is 15.1. The van der Waals surface area contributed by atoms with E-state index < -0.39 is 23.5 Å². The van der Waals surface area contributed by atoms with E-state index in [1.54, 1.807) is 4.90 Å². The summed E-state index contributed by atoms with van der Waals surface area (Å²) in [5, 5.41) is 12.0. The van der Waals surface area contributed by atoms with Crippen molar-refractivity contribution in [2.75, 3.05) is 13.2 Å². The van der Waals surface area contributed by atoms with E-state index in [4.69, 9.17) is 4.74 Å². The third-order valence-electron chi connectivity index (χ3n) is 6.79. The number of nitrogens with zero attached hydrogens (tertiary/aromatic N) is 1. The standard InChI is InChI=1S/C27H32N2O5/c1-27(2,3)24(25(32)29-14-8-9-17(29)15-23(30)31)28-26(33)34-16-22-20-12-6-4-10-18(20)19-11-5-7-13-21(19)22/h4-7,10-13,17,22,24H,8-9,14-16H2,1-3H3,(H,28,33)(H,30,31)/t17-,24+/m1/s1. The van der Waals surface area contributed by atoms with E-state index in [1.165, 1.54) is 0 Å². The van der Waals surface area contributed by atoms with Crippen LogP contribution in [0.1, 0.15) is 57.1 Å². The van der Waals surface area contributed by atoms with Crippen molar-refractivity contribution in [3.8, 4) is 11.1 Å². The second-order valence-corrected chi connectivity index (χ2v) is 10.2. The number of rotatable bonds is 6. The van der Waals surface area contributed by atoms with E-state index >= 15 is 0 Å². The summed E-state index contributed by atoms with van der Waals surface area (Å²) >= 11 is 0. The van der Waals surface area contributed by atoms with Crippen molar-refractivity contribution in [3.05, 3.63) is 59.7 Å². The lowest BCUT2D eigenvalue weighted by Crippen LogP contribution is -2.56. The molecule has 34 heavy (non-hydrogen) atoms. The van der Waals surface area contributed by atoms with Crippen LogP contribution in [0.2, 0.25) is 0 Å². The molecule has 7 nitrogen and oxygen atoms in total. The molecule has 1 heterocycles. The third-order valence-corrected chi connectivity index (χ3v) is 6.79. The van der Waals surface area contributed by atoms with E-state index in [0.717, 1.165) is 28.7 Å². The maximum absolute atomic E-state index is 13.4. The lowest BCUT2D eigenvalue weighted by molar-refractivity contribution is -0.141. The van der Waals surface area contributed by atoms with E-state index in [-0.39, 0.29) is 30.9 Å². The topological polar surface area (TPSA) is 95.9 Å². The average molecular weight is 465 g/mol. The molecule has 2 aromatic carbocycles. The van der Waals surface area contributed by atoms with Crippen LogP contribution in [-0.4, -0.2) is 53.2 Å². The number of amides is 2. The van der Waals surface area contributed by atoms with Crippen LogP contribution in [0.5, 0.6) is 0 Å². The maximum atomic E-state index is 13.4. The summed E-state index contributed by atoms with van der Waals surface area (Å²) in [5.74, 6) is -1.26. The van der Waals surface area contributed by atoms with Crippen LogP contribution in [0, 0.1) is 5.41 Å². The molecule has 2 amide bonds. The first-order valence-corrected chi connectivity index (χ1v) is 11.8. The largest absolute Gasteiger partial charge is 0.481 e. The number of carbonyl (C=O) groups is 3. The summed E-state index contributed by atoms with van der Waals surface area (Å²) in [7, 11) is 0. The zero-order chi connectivity index (χ0) is 24.5. The molecule has 4 rings (SSSR count). The average Bonchev–Trinajstić information content (AvgIpc) is 3.37. The highest BCUT2D eigenvalue weighted by Gasteiger charge is 2.40. The lowest BCUT2D eigenvalue weighted by Gasteiger charge is -2.35. The summed E-state index contributed by atoms with van der Waals surface area (Å²) in [6.07, 6.45) is 0.669. The van der Waals surface area contributed by atoms with Crippen molar-refractivity contribution < 1.29 is 24.2 Å². The summed E-state index contributed by atoms with van der Waals surface area (Å²) in [6.45, 7) is 6.29. The van der Waals surface area contributed by atoms with Gasteiger partial charge in [-0.1, -0.05) is 69.3 Å². The van der Waals surface area contributed by atoms with Crippen LogP contribution in [-0.2, 0) is 14.3 Å². The molecule has 0 radical (unpaired) electrons. The fourth-order valence-corrected chi connectivity index (χ4v) is 5.11. The number of nitrogens with one attached hydrogen (secondary N) is 1. The van der Waals surface area contributed by atoms with E-state index in [1.807, 2.05) is 45.0 Å². The Kier molecular flexibility index (Phi) is 6.64. The minimum absolute atomic E-state index is 0.0690. The molecule has 1 saturated heterocycles. The molecule has 0 spiro atoms. The van der Waals surface area contributed by atoms with Gasteiger partial charge in [-0.3, -0.25) is 9.59 Å². The van der Waals surface area contributed by atoms with Crippen LogP contribution in [0.4, 0.5) is 4.79 Å². The smallest absolute Gasteiger partial charge is 0.407 e. The van der Waals surface area contributed by atoms with Gasteiger partial charge in [0.05, 0.1) is 6.42 Å². The van der Waals surface area contributed by atoms with Gasteiger partial charge in [-0.05, 0) is 40.5 Å². The first-order chi connectivity index (χ1) is 16.2. The van der Waals surface area contributed by atoms with Gasteiger partial charge in [0.1, 0.15) is 12.6 Å². The van der Waals surface area contributed by atoms with E-state index in [2.05, 4.69) is 29.6 Å². The quantitative estimate of drug-likeness (QED) is 0.660. The Morgan fingerprint density at radius 3 is 2.21 bits per heavy atom. The van der Waals surface area contributed by atoms with Crippen LogP contribution < -0.4 is 5.32 Å². The predicted octanol–water partition coefficient (Wildman–Crippen LogP) is 4.41. The van der Waals surface area contributed by atoms with Crippen molar-refractivity contribution >= 4 is 18.0 Å². The molecular formula is C27H32N2O5. The number of fused-ring (bicyclic) bond motifs is 3. The Hall–Kier alpha value is -3.35. The fourth-order valence-electron chi connectivity index (χ4n) is 5.11. The number of hydrogen-bond donors (Lipinski definition) is 2.